The number of ether oxygens (including phenoxy) is 1. The van der Waals surface area contributed by atoms with Crippen molar-refractivity contribution < 1.29 is 14.6 Å². The van der Waals surface area contributed by atoms with Gasteiger partial charge >= 0.3 is 6.09 Å². The molecule has 0 aromatic heterocycles. The molecule has 3 N–H and O–H groups in total. The number of hydrogen-bond donors (Lipinski definition) is 2. The van der Waals surface area contributed by atoms with Gasteiger partial charge in [0.2, 0.25) is 0 Å². The number of nitrogens with zero attached hydrogens (tertiary/aromatic N) is 1. The smallest absolute Gasteiger partial charge is 0.410 e. The summed E-state index contributed by atoms with van der Waals surface area (Å²) in [6.45, 7) is 9.16. The Morgan fingerprint density at radius 3 is 2.45 bits per heavy atom. The van der Waals surface area contributed by atoms with Crippen LogP contribution in [-0.4, -0.2) is 46.4 Å². The summed E-state index contributed by atoms with van der Waals surface area (Å²) < 4.78 is 5.42. The Labute approximate surface area is 121 Å². The van der Waals surface area contributed by atoms with Crippen LogP contribution in [0.5, 0.6) is 0 Å². The highest BCUT2D eigenvalue weighted by Gasteiger charge is 2.49. The maximum Gasteiger partial charge on any atom is 0.410 e. The van der Waals surface area contributed by atoms with Gasteiger partial charge < -0.3 is 20.5 Å². The van der Waals surface area contributed by atoms with Crippen LogP contribution >= 0.6 is 0 Å². The highest BCUT2D eigenvalue weighted by Crippen LogP contribution is 2.43. The Morgan fingerprint density at radius 2 is 2.00 bits per heavy atom. The highest BCUT2D eigenvalue weighted by molar-refractivity contribution is 5.68. The van der Waals surface area contributed by atoms with Crippen molar-refractivity contribution in [3.63, 3.8) is 0 Å². The van der Waals surface area contributed by atoms with Gasteiger partial charge in [-0.05, 0) is 51.9 Å². The Morgan fingerprint density at radius 1 is 1.40 bits per heavy atom. The molecule has 2 atom stereocenters. The predicted octanol–water partition coefficient (Wildman–Crippen LogP) is 1.73. The second-order valence-corrected chi connectivity index (χ2v) is 7.59. The molecule has 1 amide bonds. The zero-order valence-corrected chi connectivity index (χ0v) is 13.1. The van der Waals surface area contributed by atoms with E-state index in [1.165, 1.54) is 0 Å². The first kappa shape index (κ1) is 15.6. The zero-order valence-electron chi connectivity index (χ0n) is 13.1. The topological polar surface area (TPSA) is 75.8 Å². The number of aliphatic hydroxyl groups is 1. The van der Waals surface area contributed by atoms with Gasteiger partial charge in [0.25, 0.3) is 0 Å². The summed E-state index contributed by atoms with van der Waals surface area (Å²) in [5.74, 6) is 0.721. The molecule has 0 radical (unpaired) electrons. The molecule has 5 heteroatoms. The summed E-state index contributed by atoms with van der Waals surface area (Å²) in [5.41, 5.74) is 5.70. The van der Waals surface area contributed by atoms with Gasteiger partial charge in [-0.2, -0.15) is 0 Å². The van der Waals surface area contributed by atoms with Crippen LogP contribution in [0, 0.1) is 11.8 Å². The third kappa shape index (κ3) is 3.26. The number of nitrogens with two attached hydrogens (primary N) is 1. The van der Waals surface area contributed by atoms with Gasteiger partial charge in [-0.25, -0.2) is 4.79 Å². The molecule has 2 unspecified atom stereocenters. The molecule has 2 rings (SSSR count). The van der Waals surface area contributed by atoms with Crippen molar-refractivity contribution in [3.05, 3.63) is 0 Å². The minimum absolute atomic E-state index is 0.234. The van der Waals surface area contributed by atoms with Crippen LogP contribution in [0.15, 0.2) is 0 Å². The number of carbonyl (C=O) groups excluding carboxylic acids is 1. The first-order chi connectivity index (χ1) is 9.11. The van der Waals surface area contributed by atoms with Crippen LogP contribution in [0.2, 0.25) is 0 Å². The minimum atomic E-state index is -0.454. The summed E-state index contributed by atoms with van der Waals surface area (Å²) in [7, 11) is 0. The van der Waals surface area contributed by atoms with Crippen molar-refractivity contribution in [3.8, 4) is 0 Å². The quantitative estimate of drug-likeness (QED) is 0.769. The fourth-order valence-electron chi connectivity index (χ4n) is 3.61. The zero-order chi connectivity index (χ0) is 15.1. The average molecular weight is 284 g/mol. The fraction of sp³-hybridized carbons (Fsp3) is 0.933. The molecule has 2 aliphatic rings. The number of aliphatic hydroxyl groups excluding tert-OH is 1. The van der Waals surface area contributed by atoms with Gasteiger partial charge in [0.05, 0.1) is 6.10 Å². The third-order valence-electron chi connectivity index (χ3n) is 4.53. The summed E-state index contributed by atoms with van der Waals surface area (Å²) in [5, 5.41) is 9.50. The predicted molar refractivity (Wildman–Crippen MR) is 77.2 cm³/mol. The van der Waals surface area contributed by atoms with E-state index in [9.17, 15) is 9.90 Å². The van der Waals surface area contributed by atoms with Crippen LogP contribution < -0.4 is 5.73 Å². The molecule has 116 valence electrons. The molecule has 0 aromatic carbocycles. The number of rotatable bonds is 1. The minimum Gasteiger partial charge on any atom is -0.444 e. The van der Waals surface area contributed by atoms with Crippen LogP contribution in [0.1, 0.15) is 47.0 Å². The van der Waals surface area contributed by atoms with E-state index in [-0.39, 0.29) is 17.7 Å². The standard InChI is InChI=1S/C15H28N2O3/c1-10-9-17(13(19)20-14(2,3)4)6-5-12(10)15(16)7-11(18)8-15/h10-12,18H,5-9,16H2,1-4H3. The summed E-state index contributed by atoms with van der Waals surface area (Å²) in [6, 6.07) is 0. The molecule has 0 bridgehead atoms. The highest BCUT2D eigenvalue weighted by atomic mass is 16.6. The third-order valence-corrected chi connectivity index (χ3v) is 4.53. The second-order valence-electron chi connectivity index (χ2n) is 7.59. The van der Waals surface area contributed by atoms with Crippen LogP contribution in [0.25, 0.3) is 0 Å². The Balaban J connectivity index is 1.91. The molecule has 20 heavy (non-hydrogen) atoms. The van der Waals surface area contributed by atoms with Gasteiger partial charge in [0.15, 0.2) is 0 Å². The molecular formula is C15H28N2O3. The summed E-state index contributed by atoms with van der Waals surface area (Å²) in [4.78, 5) is 13.9. The molecular weight excluding hydrogens is 256 g/mol. The lowest BCUT2D eigenvalue weighted by Gasteiger charge is -2.52. The van der Waals surface area contributed by atoms with Gasteiger partial charge in [0.1, 0.15) is 5.60 Å². The van der Waals surface area contributed by atoms with Gasteiger partial charge in [-0.1, -0.05) is 6.92 Å². The molecule has 0 spiro atoms. The molecule has 1 heterocycles. The van der Waals surface area contributed by atoms with E-state index in [4.69, 9.17) is 10.5 Å². The van der Waals surface area contributed by atoms with Crippen LogP contribution in [0.3, 0.4) is 0 Å². The van der Waals surface area contributed by atoms with E-state index in [1.54, 1.807) is 4.90 Å². The van der Waals surface area contributed by atoms with Gasteiger partial charge in [-0.3, -0.25) is 0 Å². The van der Waals surface area contributed by atoms with Crippen molar-refractivity contribution in [1.82, 2.24) is 4.90 Å². The van der Waals surface area contributed by atoms with Crippen LogP contribution in [-0.2, 0) is 4.74 Å². The van der Waals surface area contributed by atoms with Crippen molar-refractivity contribution in [2.75, 3.05) is 13.1 Å². The average Bonchev–Trinajstić information content (AvgIpc) is 2.24. The molecule has 1 saturated heterocycles. The fourth-order valence-corrected chi connectivity index (χ4v) is 3.61. The Bertz CT molecular complexity index is 372. The lowest BCUT2D eigenvalue weighted by Crippen LogP contribution is -2.63. The maximum atomic E-state index is 12.1. The number of hydrogen-bond acceptors (Lipinski definition) is 4. The van der Waals surface area contributed by atoms with E-state index in [1.807, 2.05) is 20.8 Å². The molecule has 2 fully saturated rings. The maximum absolute atomic E-state index is 12.1. The molecule has 5 nitrogen and oxygen atoms in total. The monoisotopic (exact) mass is 284 g/mol. The SMILES string of the molecule is CC1CN(C(=O)OC(C)(C)C)CCC1C1(N)CC(O)C1. The molecule has 1 saturated carbocycles. The molecule has 1 aliphatic carbocycles. The Hall–Kier alpha value is -0.810. The van der Waals surface area contributed by atoms with Crippen molar-refractivity contribution in [2.45, 2.75) is 64.2 Å². The normalized spacial score (nSPS) is 38.3. The van der Waals surface area contributed by atoms with E-state index in [0.29, 0.717) is 37.8 Å². The van der Waals surface area contributed by atoms with Crippen molar-refractivity contribution >= 4 is 6.09 Å². The number of amides is 1. The lowest BCUT2D eigenvalue weighted by molar-refractivity contribution is -0.0472. The van der Waals surface area contributed by atoms with E-state index < -0.39 is 5.60 Å². The van der Waals surface area contributed by atoms with E-state index >= 15 is 0 Å². The van der Waals surface area contributed by atoms with Crippen molar-refractivity contribution in [1.29, 1.82) is 0 Å². The van der Waals surface area contributed by atoms with Crippen molar-refractivity contribution in [2.24, 2.45) is 17.6 Å². The number of carbonyl (C=O) groups is 1. The largest absolute Gasteiger partial charge is 0.444 e. The first-order valence-electron chi connectivity index (χ1n) is 7.55. The van der Waals surface area contributed by atoms with E-state index in [0.717, 1.165) is 6.42 Å². The molecule has 1 aliphatic heterocycles. The lowest BCUT2D eigenvalue weighted by atomic mass is 9.61. The Kier molecular flexibility index (Phi) is 4.04. The van der Waals surface area contributed by atoms with Crippen LogP contribution in [0.4, 0.5) is 4.79 Å². The van der Waals surface area contributed by atoms with E-state index in [2.05, 4.69) is 6.92 Å². The van der Waals surface area contributed by atoms with Gasteiger partial charge in [-0.15, -0.1) is 0 Å². The van der Waals surface area contributed by atoms with Gasteiger partial charge in [0, 0.05) is 18.6 Å². The number of piperidine rings is 1. The summed E-state index contributed by atoms with van der Waals surface area (Å²) in [6.07, 6.45) is 1.80. The first-order valence-corrected chi connectivity index (χ1v) is 7.55. The number of likely N-dealkylation sites (tertiary alicyclic amines) is 1. The molecule has 0 aromatic rings. The second kappa shape index (κ2) is 5.19. The summed E-state index contributed by atoms with van der Waals surface area (Å²) >= 11 is 0.